The Kier molecular flexibility index (Phi) is 3.05. The van der Waals surface area contributed by atoms with Crippen LogP contribution in [0.2, 0.25) is 0 Å². The van der Waals surface area contributed by atoms with E-state index < -0.39 is 0 Å². The number of allylic oxidation sites excluding steroid dienone is 1. The van der Waals surface area contributed by atoms with Gasteiger partial charge in [-0.15, -0.1) is 0 Å². The molecule has 1 aromatic rings. The van der Waals surface area contributed by atoms with Gasteiger partial charge >= 0.3 is 5.69 Å². The van der Waals surface area contributed by atoms with Crippen molar-refractivity contribution < 1.29 is 5.11 Å². The zero-order valence-electron chi connectivity index (χ0n) is 8.85. The Morgan fingerprint density at radius 2 is 2.31 bits per heavy atom. The molecule has 1 aromatic heterocycles. The van der Waals surface area contributed by atoms with Gasteiger partial charge in [0.25, 0.3) is 5.56 Å². The van der Waals surface area contributed by atoms with Gasteiger partial charge in [-0.1, -0.05) is 6.08 Å². The lowest BCUT2D eigenvalue weighted by Crippen LogP contribution is -2.32. The predicted octanol–water partition coefficient (Wildman–Crippen LogP) is 0.180. The minimum Gasteiger partial charge on any atom is -0.392 e. The number of nitrogens with zero attached hydrogens (tertiary/aromatic N) is 1. The summed E-state index contributed by atoms with van der Waals surface area (Å²) in [6, 6.07) is 1.44. The fourth-order valence-corrected chi connectivity index (χ4v) is 1.99. The summed E-state index contributed by atoms with van der Waals surface area (Å²) in [5, 5.41) is 8.95. The average molecular weight is 222 g/mol. The predicted molar refractivity (Wildman–Crippen MR) is 59.4 cm³/mol. The lowest BCUT2D eigenvalue weighted by Gasteiger charge is -2.22. The molecule has 2 N–H and O–H groups in total. The standard InChI is InChI=1S/C11H14N2O3/c14-7-8-1-3-9(4-2-8)13-6-5-10(15)12-11(13)16/h1,5-6,9,14H,2-4,7H2,(H,12,15,16). The lowest BCUT2D eigenvalue weighted by atomic mass is 9.95. The summed E-state index contributed by atoms with van der Waals surface area (Å²) >= 11 is 0. The van der Waals surface area contributed by atoms with Crippen LogP contribution in [0.3, 0.4) is 0 Å². The van der Waals surface area contributed by atoms with Gasteiger partial charge in [-0.25, -0.2) is 4.79 Å². The van der Waals surface area contributed by atoms with Crippen LogP contribution in [-0.4, -0.2) is 21.3 Å². The summed E-state index contributed by atoms with van der Waals surface area (Å²) in [6.45, 7) is 0.0905. The van der Waals surface area contributed by atoms with Crippen LogP contribution in [0, 0.1) is 0 Å². The largest absolute Gasteiger partial charge is 0.392 e. The number of rotatable bonds is 2. The highest BCUT2D eigenvalue weighted by atomic mass is 16.3. The second-order valence-corrected chi connectivity index (χ2v) is 3.97. The SMILES string of the molecule is O=c1ccn(C2CC=C(CO)CC2)c(=O)[nH]1. The second-order valence-electron chi connectivity index (χ2n) is 3.97. The molecule has 0 fully saturated rings. The number of aromatic amines is 1. The molecule has 0 aromatic carbocycles. The maximum atomic E-state index is 11.5. The van der Waals surface area contributed by atoms with Gasteiger partial charge in [0.1, 0.15) is 0 Å². The summed E-state index contributed by atoms with van der Waals surface area (Å²) < 4.78 is 1.55. The third-order valence-corrected chi connectivity index (χ3v) is 2.92. The van der Waals surface area contributed by atoms with Crippen LogP contribution in [0.1, 0.15) is 25.3 Å². The van der Waals surface area contributed by atoms with E-state index in [2.05, 4.69) is 4.98 Å². The summed E-state index contributed by atoms with van der Waals surface area (Å²) in [5.41, 5.74) is 0.288. The number of H-pyrrole nitrogens is 1. The van der Waals surface area contributed by atoms with Gasteiger partial charge in [0.15, 0.2) is 0 Å². The van der Waals surface area contributed by atoms with Gasteiger partial charge in [-0.2, -0.15) is 0 Å². The van der Waals surface area contributed by atoms with Gasteiger partial charge in [0.2, 0.25) is 0 Å². The van der Waals surface area contributed by atoms with Crippen molar-refractivity contribution in [1.29, 1.82) is 0 Å². The van der Waals surface area contributed by atoms with Crippen molar-refractivity contribution in [1.82, 2.24) is 9.55 Å². The van der Waals surface area contributed by atoms with Crippen molar-refractivity contribution in [2.45, 2.75) is 25.3 Å². The first kappa shape index (κ1) is 10.9. The molecule has 0 saturated heterocycles. The van der Waals surface area contributed by atoms with Crippen LogP contribution in [0.15, 0.2) is 33.5 Å². The molecule has 0 saturated carbocycles. The van der Waals surface area contributed by atoms with Crippen molar-refractivity contribution >= 4 is 0 Å². The quantitative estimate of drug-likeness (QED) is 0.701. The van der Waals surface area contributed by atoms with Crippen LogP contribution in [-0.2, 0) is 0 Å². The first-order valence-electron chi connectivity index (χ1n) is 5.31. The monoisotopic (exact) mass is 222 g/mol. The Labute approximate surface area is 92.1 Å². The van der Waals surface area contributed by atoms with E-state index in [9.17, 15) is 9.59 Å². The van der Waals surface area contributed by atoms with Gasteiger partial charge in [0, 0.05) is 18.3 Å². The van der Waals surface area contributed by atoms with Crippen molar-refractivity contribution in [3.63, 3.8) is 0 Å². The maximum Gasteiger partial charge on any atom is 0.328 e. The molecule has 0 aliphatic heterocycles. The molecular weight excluding hydrogens is 208 g/mol. The minimum atomic E-state index is -0.372. The number of nitrogens with one attached hydrogen (secondary N) is 1. The van der Waals surface area contributed by atoms with Gasteiger partial charge in [-0.3, -0.25) is 14.3 Å². The maximum absolute atomic E-state index is 11.5. The smallest absolute Gasteiger partial charge is 0.328 e. The van der Waals surface area contributed by atoms with E-state index in [0.29, 0.717) is 0 Å². The normalized spacial score (nSPS) is 20.6. The Morgan fingerprint density at radius 3 is 2.88 bits per heavy atom. The third kappa shape index (κ3) is 2.14. The van der Waals surface area contributed by atoms with Crippen molar-refractivity contribution in [2.24, 2.45) is 0 Å². The highest BCUT2D eigenvalue weighted by Crippen LogP contribution is 2.25. The fraction of sp³-hybridized carbons (Fsp3) is 0.455. The van der Waals surface area contributed by atoms with E-state index in [0.717, 1.165) is 24.8 Å². The van der Waals surface area contributed by atoms with Crippen LogP contribution >= 0.6 is 0 Å². The van der Waals surface area contributed by atoms with E-state index in [1.165, 1.54) is 12.3 Å². The second kappa shape index (κ2) is 4.49. The van der Waals surface area contributed by atoms with Crippen molar-refractivity contribution in [3.05, 3.63) is 44.8 Å². The van der Waals surface area contributed by atoms with Crippen LogP contribution in [0.4, 0.5) is 0 Å². The first-order valence-corrected chi connectivity index (χ1v) is 5.31. The highest BCUT2D eigenvalue weighted by Gasteiger charge is 2.16. The summed E-state index contributed by atoms with van der Waals surface area (Å²) in [6.07, 6.45) is 5.84. The molecule has 16 heavy (non-hydrogen) atoms. The highest BCUT2D eigenvalue weighted by molar-refractivity contribution is 5.07. The number of hydrogen-bond donors (Lipinski definition) is 2. The minimum absolute atomic E-state index is 0.0830. The van der Waals surface area contributed by atoms with E-state index in [1.807, 2.05) is 6.08 Å². The van der Waals surface area contributed by atoms with Crippen LogP contribution in [0.5, 0.6) is 0 Å². The number of hydrogen-bond acceptors (Lipinski definition) is 3. The Balaban J connectivity index is 2.24. The molecule has 1 unspecified atom stereocenters. The van der Waals surface area contributed by atoms with Crippen molar-refractivity contribution in [3.8, 4) is 0 Å². The van der Waals surface area contributed by atoms with Gasteiger partial charge in [0.05, 0.1) is 6.61 Å². The summed E-state index contributed by atoms with van der Waals surface area (Å²) in [4.78, 5) is 24.7. The molecule has 2 rings (SSSR count). The molecule has 0 amide bonds. The number of aliphatic hydroxyl groups excluding tert-OH is 1. The zero-order chi connectivity index (χ0) is 11.5. The van der Waals surface area contributed by atoms with E-state index in [-0.39, 0.29) is 23.9 Å². The molecule has 1 aliphatic rings. The van der Waals surface area contributed by atoms with Crippen molar-refractivity contribution in [2.75, 3.05) is 6.61 Å². The molecule has 5 nitrogen and oxygen atoms in total. The Morgan fingerprint density at radius 1 is 1.50 bits per heavy atom. The van der Waals surface area contributed by atoms with Gasteiger partial charge < -0.3 is 5.11 Å². The number of aliphatic hydroxyl groups is 1. The molecule has 0 bridgehead atoms. The fourth-order valence-electron chi connectivity index (χ4n) is 1.99. The molecule has 1 heterocycles. The number of aromatic nitrogens is 2. The molecule has 1 atom stereocenters. The van der Waals surface area contributed by atoms with Crippen LogP contribution in [0.25, 0.3) is 0 Å². The lowest BCUT2D eigenvalue weighted by molar-refractivity contribution is 0.314. The van der Waals surface area contributed by atoms with Gasteiger partial charge in [-0.05, 0) is 24.8 Å². The molecule has 1 aliphatic carbocycles. The summed E-state index contributed by atoms with van der Waals surface area (Å²) in [5.74, 6) is 0. The molecule has 86 valence electrons. The Bertz CT molecular complexity index is 512. The molecular formula is C11H14N2O3. The van der Waals surface area contributed by atoms with Crippen LogP contribution < -0.4 is 11.2 Å². The molecule has 0 radical (unpaired) electrons. The first-order chi connectivity index (χ1) is 7.70. The third-order valence-electron chi connectivity index (χ3n) is 2.92. The topological polar surface area (TPSA) is 75.1 Å². The summed E-state index contributed by atoms with van der Waals surface area (Å²) in [7, 11) is 0. The Hall–Kier alpha value is -1.62. The average Bonchev–Trinajstić information content (AvgIpc) is 2.29. The molecule has 0 spiro atoms. The van der Waals surface area contributed by atoms with E-state index in [1.54, 1.807) is 4.57 Å². The molecule has 5 heteroatoms. The zero-order valence-corrected chi connectivity index (χ0v) is 8.85. The van der Waals surface area contributed by atoms with E-state index >= 15 is 0 Å². The van der Waals surface area contributed by atoms with E-state index in [4.69, 9.17) is 5.11 Å².